The molecule has 0 spiro atoms. The summed E-state index contributed by atoms with van der Waals surface area (Å²) in [7, 11) is 0. The lowest BCUT2D eigenvalue weighted by atomic mass is 9.67. The molecule has 2 fully saturated rings. The normalized spacial score (nSPS) is 38.3. The average Bonchev–Trinajstić information content (AvgIpc) is 2.72. The third kappa shape index (κ3) is 4.63. The molecule has 1 saturated heterocycles. The van der Waals surface area contributed by atoms with Crippen LogP contribution in [-0.2, 0) is 9.47 Å². The average molecular weight is 301 g/mol. The van der Waals surface area contributed by atoms with Crippen molar-refractivity contribution in [2.45, 2.75) is 65.3 Å². The molecule has 2 rings (SSSR count). The molecule has 0 radical (unpaired) electrons. The van der Waals surface area contributed by atoms with E-state index in [-0.39, 0.29) is 5.60 Å². The fraction of sp³-hybridized carbons (Fsp3) is 1.00. The van der Waals surface area contributed by atoms with Gasteiger partial charge in [-0.1, -0.05) is 6.92 Å². The Morgan fingerprint density at radius 1 is 1.29 bits per heavy atom. The lowest BCUT2D eigenvalue weighted by Gasteiger charge is -2.38. The monoisotopic (exact) mass is 301 g/mol. The van der Waals surface area contributed by atoms with Crippen molar-refractivity contribution in [3.05, 3.63) is 0 Å². The van der Waals surface area contributed by atoms with Crippen LogP contribution in [-0.4, -0.2) is 41.7 Å². The first-order valence-electron chi connectivity index (χ1n) is 8.17. The predicted octanol–water partition coefficient (Wildman–Crippen LogP) is 1.68. The topological polar surface area (TPSA) is 71.0 Å². The first-order chi connectivity index (χ1) is 9.78. The van der Waals surface area contributed by atoms with E-state index in [0.717, 1.165) is 25.8 Å². The number of nitrogens with one attached hydrogen (secondary N) is 1. The number of aliphatic hydroxyl groups excluding tert-OH is 2. The Morgan fingerprint density at radius 3 is 2.67 bits per heavy atom. The van der Waals surface area contributed by atoms with Crippen molar-refractivity contribution in [2.24, 2.45) is 23.7 Å². The molecule has 21 heavy (non-hydrogen) atoms. The number of hydrogen-bond acceptors (Lipinski definition) is 5. The Labute approximate surface area is 128 Å². The molecule has 0 amide bonds. The summed E-state index contributed by atoms with van der Waals surface area (Å²) in [4.78, 5) is 0. The molecule has 0 bridgehead atoms. The van der Waals surface area contributed by atoms with E-state index in [1.54, 1.807) is 0 Å². The molecule has 1 heterocycles. The lowest BCUT2D eigenvalue weighted by molar-refractivity contribution is -0.181. The Hall–Kier alpha value is -0.200. The zero-order valence-electron chi connectivity index (χ0n) is 13.7. The van der Waals surface area contributed by atoms with Gasteiger partial charge in [0.2, 0.25) is 6.41 Å². The van der Waals surface area contributed by atoms with Crippen LogP contribution in [0.1, 0.15) is 47.0 Å². The second-order valence-corrected chi connectivity index (χ2v) is 7.57. The summed E-state index contributed by atoms with van der Waals surface area (Å²) in [6.07, 6.45) is 1.72. The van der Waals surface area contributed by atoms with E-state index < -0.39 is 12.7 Å². The van der Waals surface area contributed by atoms with Crippen LogP contribution in [0, 0.1) is 23.7 Å². The predicted molar refractivity (Wildman–Crippen MR) is 80.3 cm³/mol. The highest BCUT2D eigenvalue weighted by Gasteiger charge is 2.44. The van der Waals surface area contributed by atoms with Gasteiger partial charge in [0.25, 0.3) is 0 Å². The van der Waals surface area contributed by atoms with Gasteiger partial charge in [-0.25, -0.2) is 0 Å². The summed E-state index contributed by atoms with van der Waals surface area (Å²) < 4.78 is 10.8. The molecule has 5 heteroatoms. The number of hydrogen-bond donors (Lipinski definition) is 3. The molecule has 3 N–H and O–H groups in total. The van der Waals surface area contributed by atoms with Gasteiger partial charge in [-0.05, 0) is 57.8 Å². The van der Waals surface area contributed by atoms with E-state index in [0.29, 0.717) is 30.3 Å². The van der Waals surface area contributed by atoms with Crippen molar-refractivity contribution in [1.29, 1.82) is 0 Å². The SMILES string of the molecule is CC1C(CCNC(O)OC(C)(C)C)CCC2C(O)OCC12. The Balaban J connectivity index is 1.72. The van der Waals surface area contributed by atoms with Crippen molar-refractivity contribution in [1.82, 2.24) is 5.32 Å². The molecule has 1 saturated carbocycles. The van der Waals surface area contributed by atoms with Crippen LogP contribution in [0.4, 0.5) is 0 Å². The largest absolute Gasteiger partial charge is 0.368 e. The smallest absolute Gasteiger partial charge is 0.214 e. The molecular formula is C16H31NO4. The van der Waals surface area contributed by atoms with Gasteiger partial charge in [-0.15, -0.1) is 0 Å². The summed E-state index contributed by atoms with van der Waals surface area (Å²) in [5.41, 5.74) is -0.352. The molecule has 6 unspecified atom stereocenters. The fourth-order valence-electron chi connectivity index (χ4n) is 3.76. The molecule has 0 aromatic rings. The first kappa shape index (κ1) is 17.2. The van der Waals surface area contributed by atoms with Crippen LogP contribution >= 0.6 is 0 Å². The van der Waals surface area contributed by atoms with Gasteiger partial charge in [0.1, 0.15) is 0 Å². The van der Waals surface area contributed by atoms with Gasteiger partial charge in [0, 0.05) is 12.5 Å². The summed E-state index contributed by atoms with van der Waals surface area (Å²) in [6, 6.07) is 0. The number of fused-ring (bicyclic) bond motifs is 1. The summed E-state index contributed by atoms with van der Waals surface area (Å²) in [5, 5.41) is 22.6. The minimum Gasteiger partial charge on any atom is -0.368 e. The number of aliphatic hydroxyl groups is 2. The summed E-state index contributed by atoms with van der Waals surface area (Å²) in [6.45, 7) is 9.47. The second kappa shape index (κ2) is 6.92. The lowest BCUT2D eigenvalue weighted by Crippen LogP contribution is -2.40. The first-order valence-corrected chi connectivity index (χ1v) is 8.17. The van der Waals surface area contributed by atoms with E-state index in [2.05, 4.69) is 12.2 Å². The molecule has 124 valence electrons. The van der Waals surface area contributed by atoms with E-state index in [1.165, 1.54) is 0 Å². The maximum absolute atomic E-state index is 9.80. The zero-order valence-corrected chi connectivity index (χ0v) is 13.7. The van der Waals surface area contributed by atoms with Crippen molar-refractivity contribution in [2.75, 3.05) is 13.2 Å². The molecule has 1 aliphatic carbocycles. The Bertz CT molecular complexity index is 331. The van der Waals surface area contributed by atoms with Gasteiger partial charge in [0.15, 0.2) is 6.29 Å². The summed E-state index contributed by atoms with van der Waals surface area (Å²) in [5.74, 6) is 1.98. The highest BCUT2D eigenvalue weighted by Crippen LogP contribution is 2.45. The Morgan fingerprint density at radius 2 is 2.00 bits per heavy atom. The number of ether oxygens (including phenoxy) is 2. The Kier molecular flexibility index (Phi) is 5.65. The third-order valence-electron chi connectivity index (χ3n) is 4.96. The van der Waals surface area contributed by atoms with Crippen molar-refractivity contribution in [3.8, 4) is 0 Å². The van der Waals surface area contributed by atoms with Crippen LogP contribution in [0.5, 0.6) is 0 Å². The van der Waals surface area contributed by atoms with Gasteiger partial charge < -0.3 is 19.7 Å². The minimum absolute atomic E-state index is 0.319. The van der Waals surface area contributed by atoms with E-state index >= 15 is 0 Å². The van der Waals surface area contributed by atoms with Gasteiger partial charge in [-0.2, -0.15) is 0 Å². The van der Waals surface area contributed by atoms with Crippen LogP contribution in [0.2, 0.25) is 0 Å². The van der Waals surface area contributed by atoms with Crippen LogP contribution < -0.4 is 5.32 Å². The van der Waals surface area contributed by atoms with Gasteiger partial charge >= 0.3 is 0 Å². The molecular weight excluding hydrogens is 270 g/mol. The molecule has 1 aliphatic heterocycles. The second-order valence-electron chi connectivity index (χ2n) is 7.57. The maximum atomic E-state index is 9.80. The molecule has 0 aromatic carbocycles. The van der Waals surface area contributed by atoms with Crippen molar-refractivity contribution < 1.29 is 19.7 Å². The van der Waals surface area contributed by atoms with Crippen LogP contribution in [0.25, 0.3) is 0 Å². The van der Waals surface area contributed by atoms with Crippen molar-refractivity contribution in [3.63, 3.8) is 0 Å². The standard InChI is InChI=1S/C16H31NO4/c1-10-11(5-6-12-13(10)9-20-14(12)18)7-8-17-15(19)21-16(2,3)4/h10-15,17-19H,5-9H2,1-4H3. The van der Waals surface area contributed by atoms with Gasteiger partial charge in [0.05, 0.1) is 12.2 Å². The highest BCUT2D eigenvalue weighted by molar-refractivity contribution is 4.90. The van der Waals surface area contributed by atoms with E-state index in [9.17, 15) is 10.2 Å². The van der Waals surface area contributed by atoms with Crippen molar-refractivity contribution >= 4 is 0 Å². The van der Waals surface area contributed by atoms with Gasteiger partial charge in [-0.3, -0.25) is 5.32 Å². The molecule has 2 aliphatic rings. The number of rotatable bonds is 5. The third-order valence-corrected chi connectivity index (χ3v) is 4.96. The van der Waals surface area contributed by atoms with Crippen LogP contribution in [0.3, 0.4) is 0 Å². The minimum atomic E-state index is -0.909. The molecule has 0 aromatic heterocycles. The van der Waals surface area contributed by atoms with Crippen LogP contribution in [0.15, 0.2) is 0 Å². The maximum Gasteiger partial charge on any atom is 0.214 e. The summed E-state index contributed by atoms with van der Waals surface area (Å²) >= 11 is 0. The van der Waals surface area contributed by atoms with E-state index in [4.69, 9.17) is 9.47 Å². The zero-order chi connectivity index (χ0) is 15.6. The molecule has 6 atom stereocenters. The van der Waals surface area contributed by atoms with E-state index in [1.807, 2.05) is 20.8 Å². The molecule has 5 nitrogen and oxygen atoms in total. The highest BCUT2D eigenvalue weighted by atomic mass is 16.6. The fourth-order valence-corrected chi connectivity index (χ4v) is 3.76. The quantitative estimate of drug-likeness (QED) is 0.674.